The molecule has 73 heavy (non-hydrogen) atoms. The van der Waals surface area contributed by atoms with Crippen molar-refractivity contribution in [2.75, 3.05) is 70.3 Å². The van der Waals surface area contributed by atoms with Gasteiger partial charge in [0.2, 0.25) is 17.7 Å². The number of amides is 4. The van der Waals surface area contributed by atoms with Crippen LogP contribution in [0.1, 0.15) is 136 Å². The lowest BCUT2D eigenvalue weighted by Crippen LogP contribution is -2.60. The second kappa shape index (κ2) is 23.6. The largest absolute Gasteiger partial charge is 0.375 e. The van der Waals surface area contributed by atoms with E-state index in [4.69, 9.17) is 22.1 Å². The maximum absolute atomic E-state index is 14.5. The van der Waals surface area contributed by atoms with Crippen molar-refractivity contribution in [1.82, 2.24) is 45.6 Å². The summed E-state index contributed by atoms with van der Waals surface area (Å²) in [6.45, 7) is 6.91. The Morgan fingerprint density at radius 3 is 2.27 bits per heavy atom. The number of benzene rings is 2. The van der Waals surface area contributed by atoms with E-state index >= 15 is 0 Å². The maximum atomic E-state index is 14.5. The normalized spacial score (nSPS) is 22.5. The molecule has 6 heterocycles. The molecule has 3 atom stereocenters. The Hall–Kier alpha value is -5.13. The molecule has 1 unspecified atom stereocenters. The third-order valence-corrected chi connectivity index (χ3v) is 17.2. The number of carbonyl (C=O) groups is 4. The Labute approximate surface area is 435 Å². The van der Waals surface area contributed by atoms with Gasteiger partial charge in [-0.15, -0.1) is 0 Å². The highest BCUT2D eigenvalue weighted by Gasteiger charge is 2.40. The summed E-state index contributed by atoms with van der Waals surface area (Å²) in [6.07, 6.45) is 18.2. The molecular formula is C56H76ClN11O5. The third-order valence-electron chi connectivity index (χ3n) is 16.9. The predicted molar refractivity (Wildman–Crippen MR) is 283 cm³/mol. The van der Waals surface area contributed by atoms with Crippen molar-refractivity contribution in [3.05, 3.63) is 88.8 Å². The van der Waals surface area contributed by atoms with Gasteiger partial charge in [-0.3, -0.25) is 19.2 Å². The van der Waals surface area contributed by atoms with E-state index in [1.807, 2.05) is 64.5 Å². The van der Waals surface area contributed by atoms with Crippen LogP contribution < -0.4 is 26.6 Å². The Morgan fingerprint density at radius 1 is 0.795 bits per heavy atom. The van der Waals surface area contributed by atoms with Crippen molar-refractivity contribution < 1.29 is 23.9 Å². The van der Waals surface area contributed by atoms with Crippen molar-refractivity contribution in [3.8, 4) is 0 Å². The quantitative estimate of drug-likeness (QED) is 0.0779. The van der Waals surface area contributed by atoms with Crippen LogP contribution in [-0.2, 0) is 19.1 Å². The Kier molecular flexibility index (Phi) is 16.6. The van der Waals surface area contributed by atoms with E-state index in [0.717, 1.165) is 144 Å². The van der Waals surface area contributed by atoms with E-state index < -0.39 is 11.6 Å². The molecule has 4 saturated heterocycles. The van der Waals surface area contributed by atoms with E-state index in [1.54, 1.807) is 6.33 Å². The van der Waals surface area contributed by atoms with Gasteiger partial charge in [0.1, 0.15) is 23.8 Å². The first kappa shape index (κ1) is 51.4. The minimum absolute atomic E-state index is 0.0292. The van der Waals surface area contributed by atoms with Gasteiger partial charge in [-0.1, -0.05) is 55.1 Å². The summed E-state index contributed by atoms with van der Waals surface area (Å²) in [7, 11) is 0. The molecule has 17 heteroatoms. The molecule has 2 aromatic heterocycles. The van der Waals surface area contributed by atoms with Crippen LogP contribution in [0.5, 0.6) is 0 Å². The topological polar surface area (TPSA) is 194 Å². The first-order chi connectivity index (χ1) is 35.5. The fraction of sp³-hybridized carbons (Fsp3) is 0.607. The summed E-state index contributed by atoms with van der Waals surface area (Å²) in [5.74, 6) is 0.992. The fourth-order valence-corrected chi connectivity index (χ4v) is 12.3. The van der Waals surface area contributed by atoms with Gasteiger partial charge >= 0.3 is 0 Å². The van der Waals surface area contributed by atoms with Gasteiger partial charge in [0.15, 0.2) is 0 Å². The standard InChI is InChI=1S/C56H76ClN11O5/c57-43-13-11-38(12-14-43)48(63-55(72)56(58)23-32-66(33-24-56)52-47-17-25-59-51(47)61-37-62-52)22-29-65-27-18-45(19-28-65)73-46-20-30-67(31-21-46)54(71)50(39-6-2-1-3-7-39)64-53(70)41-9-4-8-40(34-41)42-10-5-26-68(36-42)49(69)35-60-44-15-16-44/h4,8-9,11-14,17,25,34,37,39,42,44-46,48,50,60H,1-3,5-7,10,15-16,18-24,26-33,35-36,58H2,(H,63,72)(H,64,70)(H,59,61,62)/t42?,48-,50+/m0/s1. The van der Waals surface area contributed by atoms with Gasteiger partial charge in [0, 0.05) is 87.6 Å². The van der Waals surface area contributed by atoms with Crippen LogP contribution >= 0.6 is 11.6 Å². The summed E-state index contributed by atoms with van der Waals surface area (Å²) < 4.78 is 6.75. The van der Waals surface area contributed by atoms with E-state index in [9.17, 15) is 19.2 Å². The molecule has 6 fully saturated rings. The number of nitrogens with one attached hydrogen (secondary N) is 4. The molecule has 2 aliphatic carbocycles. The summed E-state index contributed by atoms with van der Waals surface area (Å²) in [4.78, 5) is 76.2. The van der Waals surface area contributed by atoms with Crippen LogP contribution in [0.25, 0.3) is 11.0 Å². The lowest BCUT2D eigenvalue weighted by Gasteiger charge is -2.40. The molecule has 6 N–H and O–H groups in total. The van der Waals surface area contributed by atoms with Crippen LogP contribution in [0.2, 0.25) is 5.02 Å². The Balaban J connectivity index is 0.683. The number of rotatable bonds is 17. The van der Waals surface area contributed by atoms with Crippen molar-refractivity contribution >= 4 is 52.1 Å². The molecule has 4 amide bonds. The number of ether oxygens (including phenoxy) is 1. The zero-order valence-electron chi connectivity index (χ0n) is 42.5. The molecule has 0 radical (unpaired) electrons. The number of H-pyrrole nitrogens is 1. The van der Waals surface area contributed by atoms with Crippen LogP contribution in [0.3, 0.4) is 0 Å². The van der Waals surface area contributed by atoms with E-state index in [0.29, 0.717) is 68.7 Å². The molecule has 392 valence electrons. The molecule has 16 nitrogen and oxygen atoms in total. The first-order valence-corrected chi connectivity index (χ1v) is 27.9. The SMILES string of the molecule is NC1(C(=O)N[C@@H](CCN2CCC(OC3CCN(C(=O)[C@H](NC(=O)c4cccc(C5CCCN(C(=O)CNC6CC6)C5)c4)C4CCCCC4)CC3)CC2)c2ccc(Cl)cc2)CCN(c2ncnc3[nH]ccc23)CC1. The number of nitrogens with two attached hydrogens (primary N) is 1. The molecule has 6 aliphatic rings. The monoisotopic (exact) mass is 1020 g/mol. The summed E-state index contributed by atoms with van der Waals surface area (Å²) in [6, 6.07) is 17.3. The molecule has 10 rings (SSSR count). The number of piperidine rings is 4. The van der Waals surface area contributed by atoms with Gasteiger partial charge in [-0.2, -0.15) is 0 Å². The Morgan fingerprint density at radius 2 is 1.53 bits per heavy atom. The highest BCUT2D eigenvalue weighted by atomic mass is 35.5. The lowest BCUT2D eigenvalue weighted by molar-refractivity contribution is -0.139. The number of fused-ring (bicyclic) bond motifs is 1. The number of hydrogen-bond donors (Lipinski definition) is 5. The number of aromatic nitrogens is 3. The van der Waals surface area contributed by atoms with Crippen molar-refractivity contribution in [2.45, 2.75) is 145 Å². The van der Waals surface area contributed by atoms with E-state index in [2.05, 4.69) is 46.8 Å². The lowest BCUT2D eigenvalue weighted by atomic mass is 9.83. The Bertz CT molecular complexity index is 2510. The predicted octanol–water partition coefficient (Wildman–Crippen LogP) is 6.47. The zero-order chi connectivity index (χ0) is 50.3. The fourth-order valence-electron chi connectivity index (χ4n) is 12.2. The van der Waals surface area contributed by atoms with Crippen molar-refractivity contribution in [2.24, 2.45) is 11.7 Å². The van der Waals surface area contributed by atoms with Gasteiger partial charge < -0.3 is 51.0 Å². The average molecular weight is 1020 g/mol. The summed E-state index contributed by atoms with van der Waals surface area (Å²) in [5.41, 5.74) is 9.34. The number of nitrogens with zero attached hydrogens (tertiary/aromatic N) is 6. The van der Waals surface area contributed by atoms with Gasteiger partial charge in [0.25, 0.3) is 5.91 Å². The smallest absolute Gasteiger partial charge is 0.251 e. The number of carbonyl (C=O) groups excluding carboxylic acids is 4. The van der Waals surface area contributed by atoms with Gasteiger partial charge in [0.05, 0.1) is 35.7 Å². The molecule has 4 aromatic rings. The van der Waals surface area contributed by atoms with Crippen LogP contribution in [0, 0.1) is 5.92 Å². The van der Waals surface area contributed by atoms with Crippen molar-refractivity contribution in [3.63, 3.8) is 0 Å². The number of halogens is 1. The minimum Gasteiger partial charge on any atom is -0.375 e. The van der Waals surface area contributed by atoms with Crippen LogP contribution in [0.4, 0.5) is 5.82 Å². The van der Waals surface area contributed by atoms with E-state index in [1.165, 1.54) is 0 Å². The summed E-state index contributed by atoms with van der Waals surface area (Å²) in [5, 5.41) is 11.6. The molecule has 2 saturated carbocycles. The maximum Gasteiger partial charge on any atom is 0.251 e. The third kappa shape index (κ3) is 12.9. The number of hydrogen-bond acceptors (Lipinski definition) is 11. The highest BCUT2D eigenvalue weighted by Crippen LogP contribution is 2.33. The highest BCUT2D eigenvalue weighted by molar-refractivity contribution is 6.30. The van der Waals surface area contributed by atoms with Crippen molar-refractivity contribution in [1.29, 1.82) is 0 Å². The molecule has 2 aromatic carbocycles. The second-order valence-electron chi connectivity index (χ2n) is 22.0. The molecule has 4 aliphatic heterocycles. The number of anilines is 1. The number of likely N-dealkylation sites (tertiary alicyclic amines) is 3. The minimum atomic E-state index is -1.000. The summed E-state index contributed by atoms with van der Waals surface area (Å²) >= 11 is 6.30. The van der Waals surface area contributed by atoms with Gasteiger partial charge in [-0.25, -0.2) is 9.97 Å². The average Bonchev–Trinajstić information content (AvgIpc) is 4.14. The first-order valence-electron chi connectivity index (χ1n) is 27.5. The van der Waals surface area contributed by atoms with Crippen LogP contribution in [-0.4, -0.2) is 149 Å². The molecule has 0 spiro atoms. The second-order valence-corrected chi connectivity index (χ2v) is 22.4. The zero-order valence-corrected chi connectivity index (χ0v) is 43.2. The van der Waals surface area contributed by atoms with Crippen LogP contribution in [0.15, 0.2) is 67.1 Å². The molecular weight excluding hydrogens is 942 g/mol. The van der Waals surface area contributed by atoms with E-state index in [-0.39, 0.29) is 53.7 Å². The van der Waals surface area contributed by atoms with Gasteiger partial charge in [-0.05, 0) is 131 Å². The molecule has 0 bridgehead atoms. The number of aromatic amines is 1.